The molecular weight excluding hydrogens is 264 g/mol. The summed E-state index contributed by atoms with van der Waals surface area (Å²) in [5.41, 5.74) is 7.10. The van der Waals surface area contributed by atoms with Crippen LogP contribution in [0.4, 0.5) is 0 Å². The van der Waals surface area contributed by atoms with Crippen LogP contribution >= 0.6 is 11.6 Å². The fraction of sp³-hybridized carbons (Fsp3) is 0.308. The van der Waals surface area contributed by atoms with Crippen molar-refractivity contribution in [2.45, 2.75) is 26.4 Å². The van der Waals surface area contributed by atoms with E-state index in [4.69, 9.17) is 17.3 Å². The SMILES string of the molecule is CC(C)n1ncc(Cl)c1C(=O)c1ccnc(CN)c1. The molecule has 0 saturated carbocycles. The summed E-state index contributed by atoms with van der Waals surface area (Å²) in [5, 5.41) is 4.48. The third-order valence-corrected chi connectivity index (χ3v) is 3.02. The number of pyridine rings is 1. The first-order chi connectivity index (χ1) is 9.04. The van der Waals surface area contributed by atoms with Crippen molar-refractivity contribution in [3.8, 4) is 0 Å². The van der Waals surface area contributed by atoms with Crippen LogP contribution in [0.3, 0.4) is 0 Å². The molecule has 0 atom stereocenters. The van der Waals surface area contributed by atoms with E-state index >= 15 is 0 Å². The molecule has 19 heavy (non-hydrogen) atoms. The summed E-state index contributed by atoms with van der Waals surface area (Å²) >= 11 is 6.06. The Morgan fingerprint density at radius 3 is 2.89 bits per heavy atom. The van der Waals surface area contributed by atoms with E-state index in [0.29, 0.717) is 22.0 Å². The van der Waals surface area contributed by atoms with Crippen LogP contribution in [0.1, 0.15) is 41.6 Å². The van der Waals surface area contributed by atoms with Crippen LogP contribution in [-0.4, -0.2) is 20.5 Å². The molecule has 0 fully saturated rings. The van der Waals surface area contributed by atoms with Gasteiger partial charge in [0.05, 0.1) is 16.9 Å². The van der Waals surface area contributed by atoms with E-state index in [1.54, 1.807) is 23.0 Å². The first-order valence-electron chi connectivity index (χ1n) is 5.97. The number of rotatable bonds is 4. The highest BCUT2D eigenvalue weighted by Crippen LogP contribution is 2.22. The van der Waals surface area contributed by atoms with Gasteiger partial charge in [-0.1, -0.05) is 11.6 Å². The summed E-state index contributed by atoms with van der Waals surface area (Å²) in [6.45, 7) is 4.17. The van der Waals surface area contributed by atoms with E-state index in [0.717, 1.165) is 0 Å². The highest BCUT2D eigenvalue weighted by atomic mass is 35.5. The van der Waals surface area contributed by atoms with Crippen LogP contribution < -0.4 is 5.73 Å². The van der Waals surface area contributed by atoms with Gasteiger partial charge in [0.1, 0.15) is 5.69 Å². The standard InChI is InChI=1S/C13H15ClN4O/c1-8(2)18-12(11(14)7-17-18)13(19)9-3-4-16-10(5-9)6-15/h3-5,7-8H,6,15H2,1-2H3. The number of carbonyl (C=O) groups excluding carboxylic acids is 1. The summed E-state index contributed by atoms with van der Waals surface area (Å²) < 4.78 is 1.62. The summed E-state index contributed by atoms with van der Waals surface area (Å²) in [6.07, 6.45) is 3.05. The fourth-order valence-corrected chi connectivity index (χ4v) is 2.03. The third kappa shape index (κ3) is 2.67. The van der Waals surface area contributed by atoms with Gasteiger partial charge in [-0.3, -0.25) is 14.5 Å². The zero-order valence-corrected chi connectivity index (χ0v) is 11.6. The molecule has 100 valence electrons. The van der Waals surface area contributed by atoms with Crippen molar-refractivity contribution in [2.75, 3.05) is 0 Å². The molecule has 2 heterocycles. The molecule has 0 radical (unpaired) electrons. The van der Waals surface area contributed by atoms with Gasteiger partial charge in [-0.15, -0.1) is 0 Å². The van der Waals surface area contributed by atoms with Crippen molar-refractivity contribution in [1.29, 1.82) is 0 Å². The van der Waals surface area contributed by atoms with E-state index < -0.39 is 0 Å². The quantitative estimate of drug-likeness (QED) is 0.870. The van der Waals surface area contributed by atoms with E-state index in [1.165, 1.54) is 6.20 Å². The minimum absolute atomic E-state index is 0.0577. The molecule has 0 spiro atoms. The molecule has 0 bridgehead atoms. The van der Waals surface area contributed by atoms with Crippen LogP contribution in [0.25, 0.3) is 0 Å². The summed E-state index contributed by atoms with van der Waals surface area (Å²) in [7, 11) is 0. The van der Waals surface area contributed by atoms with E-state index in [9.17, 15) is 4.79 Å². The number of ketones is 1. The minimum Gasteiger partial charge on any atom is -0.325 e. The van der Waals surface area contributed by atoms with Gasteiger partial charge >= 0.3 is 0 Å². The zero-order valence-electron chi connectivity index (χ0n) is 10.8. The average Bonchev–Trinajstić information content (AvgIpc) is 2.80. The van der Waals surface area contributed by atoms with Gasteiger partial charge in [0, 0.05) is 24.3 Å². The first kappa shape index (κ1) is 13.7. The molecule has 6 heteroatoms. The molecule has 2 N–H and O–H groups in total. The maximum absolute atomic E-state index is 12.5. The summed E-state index contributed by atoms with van der Waals surface area (Å²) in [4.78, 5) is 16.6. The van der Waals surface area contributed by atoms with E-state index in [-0.39, 0.29) is 18.4 Å². The van der Waals surface area contributed by atoms with Gasteiger partial charge in [-0.2, -0.15) is 5.10 Å². The molecule has 2 rings (SSSR count). The first-order valence-corrected chi connectivity index (χ1v) is 6.35. The maximum Gasteiger partial charge on any atom is 0.212 e. The molecule has 0 aliphatic carbocycles. The lowest BCUT2D eigenvalue weighted by Crippen LogP contribution is -2.14. The predicted molar refractivity (Wildman–Crippen MR) is 73.2 cm³/mol. The van der Waals surface area contributed by atoms with Crippen molar-refractivity contribution >= 4 is 17.4 Å². The second-order valence-electron chi connectivity index (χ2n) is 4.45. The van der Waals surface area contributed by atoms with Crippen molar-refractivity contribution in [2.24, 2.45) is 5.73 Å². The Bertz CT molecular complexity index is 606. The zero-order chi connectivity index (χ0) is 14.0. The van der Waals surface area contributed by atoms with E-state index in [2.05, 4.69) is 10.1 Å². The monoisotopic (exact) mass is 278 g/mol. The Morgan fingerprint density at radius 1 is 1.53 bits per heavy atom. The van der Waals surface area contributed by atoms with Crippen LogP contribution in [0, 0.1) is 0 Å². The van der Waals surface area contributed by atoms with Crippen LogP contribution in [0.15, 0.2) is 24.5 Å². The second-order valence-corrected chi connectivity index (χ2v) is 4.86. The van der Waals surface area contributed by atoms with Crippen LogP contribution in [0.2, 0.25) is 5.02 Å². The van der Waals surface area contributed by atoms with Crippen LogP contribution in [-0.2, 0) is 6.54 Å². The number of nitrogens with zero attached hydrogens (tertiary/aromatic N) is 3. The van der Waals surface area contributed by atoms with Gasteiger partial charge in [0.15, 0.2) is 0 Å². The van der Waals surface area contributed by atoms with Crippen molar-refractivity contribution in [1.82, 2.24) is 14.8 Å². The highest BCUT2D eigenvalue weighted by molar-refractivity contribution is 6.34. The van der Waals surface area contributed by atoms with Crippen LogP contribution in [0.5, 0.6) is 0 Å². The number of hydrogen-bond acceptors (Lipinski definition) is 4. The third-order valence-electron chi connectivity index (χ3n) is 2.74. The van der Waals surface area contributed by atoms with E-state index in [1.807, 2.05) is 13.8 Å². The molecule has 0 aliphatic heterocycles. The number of halogens is 1. The number of carbonyl (C=O) groups is 1. The molecule has 2 aromatic heterocycles. The van der Waals surface area contributed by atoms with Crippen molar-refractivity contribution in [3.05, 3.63) is 46.5 Å². The maximum atomic E-state index is 12.5. The Morgan fingerprint density at radius 2 is 2.26 bits per heavy atom. The Labute approximate surface area is 116 Å². The molecule has 0 amide bonds. The Kier molecular flexibility index (Phi) is 3.97. The highest BCUT2D eigenvalue weighted by Gasteiger charge is 2.20. The lowest BCUT2D eigenvalue weighted by atomic mass is 10.1. The topological polar surface area (TPSA) is 73.8 Å². The average molecular weight is 279 g/mol. The van der Waals surface area contributed by atoms with Crippen molar-refractivity contribution < 1.29 is 4.79 Å². The second kappa shape index (κ2) is 5.50. The number of hydrogen-bond donors (Lipinski definition) is 1. The normalized spacial score (nSPS) is 11.0. The number of aromatic nitrogens is 3. The predicted octanol–water partition coefficient (Wildman–Crippen LogP) is 2.20. The largest absolute Gasteiger partial charge is 0.325 e. The molecule has 0 aliphatic rings. The molecule has 0 aromatic carbocycles. The van der Waals surface area contributed by atoms with Gasteiger partial charge in [-0.05, 0) is 26.0 Å². The molecule has 5 nitrogen and oxygen atoms in total. The van der Waals surface area contributed by atoms with Gasteiger partial charge in [0.25, 0.3) is 0 Å². The lowest BCUT2D eigenvalue weighted by Gasteiger charge is -2.10. The summed E-state index contributed by atoms with van der Waals surface area (Å²) in [6, 6.07) is 3.38. The van der Waals surface area contributed by atoms with Crippen molar-refractivity contribution in [3.63, 3.8) is 0 Å². The van der Waals surface area contributed by atoms with Gasteiger partial charge in [0.2, 0.25) is 5.78 Å². The Balaban J connectivity index is 2.46. The smallest absolute Gasteiger partial charge is 0.212 e. The van der Waals surface area contributed by atoms with Gasteiger partial charge < -0.3 is 5.73 Å². The summed E-state index contributed by atoms with van der Waals surface area (Å²) in [5.74, 6) is -0.173. The molecule has 0 unspecified atom stereocenters. The molecule has 2 aromatic rings. The Hall–Kier alpha value is -1.72. The minimum atomic E-state index is -0.173. The fourth-order valence-electron chi connectivity index (χ4n) is 1.81. The molecule has 0 saturated heterocycles. The number of nitrogens with two attached hydrogens (primary N) is 1. The molecular formula is C13H15ClN4O. The van der Waals surface area contributed by atoms with Gasteiger partial charge in [-0.25, -0.2) is 0 Å². The lowest BCUT2D eigenvalue weighted by molar-refractivity contribution is 0.102.